The van der Waals surface area contributed by atoms with Crippen LogP contribution in [0.4, 0.5) is 5.69 Å². The number of fused-ring (bicyclic) bond motifs is 1. The molecule has 0 saturated carbocycles. The van der Waals surface area contributed by atoms with Gasteiger partial charge < -0.3 is 9.88 Å². The first-order chi connectivity index (χ1) is 13.9. The van der Waals surface area contributed by atoms with Gasteiger partial charge in [0.05, 0.1) is 17.3 Å². The largest absolute Gasteiger partial charge is 0.378 e. The number of nitrogens with one attached hydrogen (secondary N) is 1. The van der Waals surface area contributed by atoms with Gasteiger partial charge in [0, 0.05) is 38.0 Å². The second-order valence-electron chi connectivity index (χ2n) is 7.46. The number of hydrogen-bond acceptors (Lipinski definition) is 5. The average molecular weight is 409 g/mol. The number of rotatable bonds is 4. The molecule has 0 spiro atoms. The Kier molecular flexibility index (Phi) is 5.00. The monoisotopic (exact) mass is 408 g/mol. The van der Waals surface area contributed by atoms with Crippen LogP contribution in [0.5, 0.6) is 0 Å². The van der Waals surface area contributed by atoms with Crippen molar-refractivity contribution >= 4 is 38.9 Å². The lowest BCUT2D eigenvalue weighted by Gasteiger charge is -2.22. The number of hydrogen-bond donors (Lipinski definition) is 1. The topological polar surface area (TPSA) is 68.8 Å². The molecule has 1 aromatic carbocycles. The molecule has 1 amide bonds. The van der Waals surface area contributed by atoms with Crippen molar-refractivity contribution in [2.45, 2.75) is 32.7 Å². The van der Waals surface area contributed by atoms with E-state index >= 15 is 0 Å². The van der Waals surface area contributed by atoms with Crippen LogP contribution in [0.1, 0.15) is 42.5 Å². The summed E-state index contributed by atoms with van der Waals surface area (Å²) in [7, 11) is 3.99. The fourth-order valence-corrected chi connectivity index (χ4v) is 4.67. The van der Waals surface area contributed by atoms with Crippen LogP contribution in [-0.4, -0.2) is 35.7 Å². The van der Waals surface area contributed by atoms with E-state index in [-0.39, 0.29) is 17.5 Å². The second-order valence-corrected chi connectivity index (χ2v) is 8.38. The van der Waals surface area contributed by atoms with Crippen molar-refractivity contribution in [1.82, 2.24) is 9.99 Å². The summed E-state index contributed by atoms with van der Waals surface area (Å²) < 4.78 is 0. The summed E-state index contributed by atoms with van der Waals surface area (Å²) in [5.41, 5.74) is 4.12. The highest BCUT2D eigenvalue weighted by atomic mass is 32.1. The van der Waals surface area contributed by atoms with Gasteiger partial charge in [0.2, 0.25) is 5.91 Å². The van der Waals surface area contributed by atoms with Gasteiger partial charge in [-0.3, -0.25) is 9.59 Å². The number of nitrogens with zero attached hydrogens (tertiary/aromatic N) is 3. The molecule has 1 atom stereocenters. The molecule has 0 bridgehead atoms. The molecule has 150 valence electrons. The zero-order chi connectivity index (χ0) is 20.7. The maximum atomic E-state index is 12.8. The lowest BCUT2D eigenvalue weighted by molar-refractivity contribution is -0.132. The Morgan fingerprint density at radius 3 is 2.66 bits per heavy atom. The summed E-state index contributed by atoms with van der Waals surface area (Å²) in [5.74, 6) is -0.0487. The van der Waals surface area contributed by atoms with Crippen LogP contribution in [0.25, 0.3) is 10.2 Å². The summed E-state index contributed by atoms with van der Waals surface area (Å²) in [6.07, 6.45) is 0.884. The Morgan fingerprint density at radius 2 is 2.00 bits per heavy atom. The predicted molar refractivity (Wildman–Crippen MR) is 119 cm³/mol. The van der Waals surface area contributed by atoms with Crippen LogP contribution in [0, 0.1) is 6.92 Å². The number of amides is 1. The van der Waals surface area contributed by atoms with Crippen molar-refractivity contribution in [1.29, 1.82) is 0 Å². The van der Waals surface area contributed by atoms with Gasteiger partial charge in [-0.2, -0.15) is 5.10 Å². The van der Waals surface area contributed by atoms with Crippen molar-refractivity contribution in [3.8, 4) is 0 Å². The van der Waals surface area contributed by atoms with Crippen LogP contribution < -0.4 is 10.5 Å². The number of benzene rings is 1. The van der Waals surface area contributed by atoms with E-state index in [0.29, 0.717) is 24.1 Å². The van der Waals surface area contributed by atoms with Crippen LogP contribution in [0.15, 0.2) is 45.6 Å². The molecule has 1 aliphatic rings. The standard InChI is InChI=1S/C22H24N4O2S/c1-5-19(27)26-18(14-6-8-15(9-7-14)25(3)4)12-17(24-26)20-13(2)16-10-11-29-22(16)23-21(20)28/h6-11,18H,5,12H2,1-4H3,(H,23,28). The molecule has 2 aromatic heterocycles. The van der Waals surface area contributed by atoms with Gasteiger partial charge in [-0.25, -0.2) is 5.01 Å². The second kappa shape index (κ2) is 7.48. The number of hydrazone groups is 1. The summed E-state index contributed by atoms with van der Waals surface area (Å²) in [4.78, 5) is 31.3. The van der Waals surface area contributed by atoms with Crippen LogP contribution in [0.2, 0.25) is 0 Å². The van der Waals surface area contributed by atoms with Crippen molar-refractivity contribution in [3.05, 3.63) is 62.8 Å². The first-order valence-corrected chi connectivity index (χ1v) is 10.6. The average Bonchev–Trinajstić information content (AvgIpc) is 3.35. The van der Waals surface area contributed by atoms with E-state index in [0.717, 1.165) is 27.0 Å². The molecule has 0 aliphatic carbocycles. The van der Waals surface area contributed by atoms with Crippen molar-refractivity contribution in [2.75, 3.05) is 19.0 Å². The molecule has 0 saturated heterocycles. The van der Waals surface area contributed by atoms with Gasteiger partial charge in [-0.1, -0.05) is 19.1 Å². The minimum absolute atomic E-state index is 0.0487. The number of aromatic nitrogens is 1. The third-order valence-electron chi connectivity index (χ3n) is 5.45. The van der Waals surface area contributed by atoms with E-state index < -0.39 is 0 Å². The quantitative estimate of drug-likeness (QED) is 0.708. The predicted octanol–water partition coefficient (Wildman–Crippen LogP) is 4.05. The van der Waals surface area contributed by atoms with Gasteiger partial charge in [-0.05, 0) is 41.6 Å². The smallest absolute Gasteiger partial charge is 0.258 e. The first kappa shape index (κ1) is 19.4. The zero-order valence-corrected chi connectivity index (χ0v) is 17.8. The molecular formula is C22H24N4O2S. The molecular weight excluding hydrogens is 384 g/mol. The van der Waals surface area contributed by atoms with E-state index in [9.17, 15) is 9.59 Å². The van der Waals surface area contributed by atoms with Gasteiger partial charge in [0.1, 0.15) is 4.83 Å². The lowest BCUT2D eigenvalue weighted by atomic mass is 9.96. The normalized spacial score (nSPS) is 16.3. The van der Waals surface area contributed by atoms with Crippen LogP contribution in [0.3, 0.4) is 0 Å². The highest BCUT2D eigenvalue weighted by Gasteiger charge is 2.34. The molecule has 3 aromatic rings. The first-order valence-electron chi connectivity index (χ1n) is 9.68. The zero-order valence-electron chi connectivity index (χ0n) is 17.0. The molecule has 6 nitrogen and oxygen atoms in total. The van der Waals surface area contributed by atoms with Gasteiger partial charge in [-0.15, -0.1) is 11.3 Å². The molecule has 29 heavy (non-hydrogen) atoms. The van der Waals surface area contributed by atoms with Crippen LogP contribution in [-0.2, 0) is 4.79 Å². The number of pyridine rings is 1. The van der Waals surface area contributed by atoms with Crippen molar-refractivity contribution in [2.24, 2.45) is 5.10 Å². The Labute approximate surface area is 173 Å². The minimum Gasteiger partial charge on any atom is -0.378 e. The molecule has 1 N–H and O–H groups in total. The van der Waals surface area contributed by atoms with Crippen LogP contribution >= 0.6 is 11.3 Å². The van der Waals surface area contributed by atoms with E-state index in [1.165, 1.54) is 11.3 Å². The molecule has 1 unspecified atom stereocenters. The summed E-state index contributed by atoms with van der Waals surface area (Å²) in [6, 6.07) is 9.96. The number of carbonyl (C=O) groups excluding carboxylic acids is 1. The Morgan fingerprint density at radius 1 is 1.28 bits per heavy atom. The van der Waals surface area contributed by atoms with E-state index in [1.54, 1.807) is 5.01 Å². The molecule has 7 heteroatoms. The third-order valence-corrected chi connectivity index (χ3v) is 6.28. The van der Waals surface area contributed by atoms with Gasteiger partial charge in [0.25, 0.3) is 5.56 Å². The number of H-pyrrole nitrogens is 1. The lowest BCUT2D eigenvalue weighted by Crippen LogP contribution is -2.26. The highest BCUT2D eigenvalue weighted by molar-refractivity contribution is 7.16. The number of aryl methyl sites for hydroxylation is 1. The molecule has 4 rings (SSSR count). The SMILES string of the molecule is CCC(=O)N1N=C(c2c(C)c3ccsc3[nH]c2=O)CC1c1ccc(N(C)C)cc1. The number of aromatic amines is 1. The minimum atomic E-state index is -0.203. The summed E-state index contributed by atoms with van der Waals surface area (Å²) in [6.45, 7) is 3.78. The van der Waals surface area contributed by atoms with Crippen molar-refractivity contribution < 1.29 is 4.79 Å². The number of carbonyl (C=O) groups is 1. The summed E-state index contributed by atoms with van der Waals surface area (Å²) in [5, 5.41) is 9.18. The number of thiophene rings is 1. The third kappa shape index (κ3) is 3.35. The Bertz CT molecular complexity index is 1160. The maximum absolute atomic E-state index is 12.8. The summed E-state index contributed by atoms with van der Waals surface area (Å²) >= 11 is 1.51. The van der Waals surface area contributed by atoms with E-state index in [2.05, 4.69) is 10.1 Å². The van der Waals surface area contributed by atoms with Gasteiger partial charge in [0.15, 0.2) is 0 Å². The fraction of sp³-hybridized carbons (Fsp3) is 0.318. The van der Waals surface area contributed by atoms with E-state index in [1.807, 2.05) is 68.6 Å². The molecule has 0 radical (unpaired) electrons. The fourth-order valence-electron chi connectivity index (χ4n) is 3.83. The molecule has 1 aliphatic heterocycles. The highest BCUT2D eigenvalue weighted by Crippen LogP contribution is 2.35. The maximum Gasteiger partial charge on any atom is 0.258 e. The Balaban J connectivity index is 1.77. The van der Waals surface area contributed by atoms with Gasteiger partial charge >= 0.3 is 0 Å². The molecule has 3 heterocycles. The Hall–Kier alpha value is -2.93. The molecule has 0 fully saturated rings. The number of anilines is 1. The van der Waals surface area contributed by atoms with Crippen molar-refractivity contribution in [3.63, 3.8) is 0 Å². The van der Waals surface area contributed by atoms with E-state index in [4.69, 9.17) is 0 Å².